The second-order valence-corrected chi connectivity index (χ2v) is 12.5. The van der Waals surface area contributed by atoms with Crippen molar-refractivity contribution in [1.29, 1.82) is 0 Å². The number of nitrogens with one attached hydrogen (secondary N) is 1. The third-order valence-corrected chi connectivity index (χ3v) is 8.47. The molecule has 0 saturated carbocycles. The van der Waals surface area contributed by atoms with Gasteiger partial charge in [0.05, 0.1) is 24.8 Å². The van der Waals surface area contributed by atoms with Crippen LogP contribution < -0.4 is 19.1 Å². The van der Waals surface area contributed by atoms with Crippen molar-refractivity contribution in [2.45, 2.75) is 31.1 Å². The van der Waals surface area contributed by atoms with Gasteiger partial charge in [0.2, 0.25) is 5.91 Å². The van der Waals surface area contributed by atoms with Crippen LogP contribution in [0.4, 0.5) is 11.4 Å². The molecule has 0 aliphatic rings. The van der Waals surface area contributed by atoms with Crippen molar-refractivity contribution in [1.82, 2.24) is 0 Å². The van der Waals surface area contributed by atoms with Crippen molar-refractivity contribution < 1.29 is 27.5 Å². The van der Waals surface area contributed by atoms with E-state index in [1.54, 1.807) is 66.7 Å². The van der Waals surface area contributed by atoms with Crippen molar-refractivity contribution in [2.24, 2.45) is 0 Å². The van der Waals surface area contributed by atoms with Gasteiger partial charge in [-0.2, -0.15) is 0 Å². The molecule has 0 aromatic heterocycles. The minimum atomic E-state index is -4.19. The quantitative estimate of drug-likeness (QED) is 0.227. The summed E-state index contributed by atoms with van der Waals surface area (Å²) in [4.78, 5) is 26.3. The summed E-state index contributed by atoms with van der Waals surface area (Å²) >= 11 is 0. The van der Waals surface area contributed by atoms with E-state index in [9.17, 15) is 18.0 Å². The first-order chi connectivity index (χ1) is 19.9. The fourth-order valence-electron chi connectivity index (χ4n) is 4.37. The molecule has 8 nitrogen and oxygen atoms in total. The molecular formula is C33H34N2O6S. The molecule has 0 spiro atoms. The van der Waals surface area contributed by atoms with E-state index in [1.165, 1.54) is 32.4 Å². The van der Waals surface area contributed by atoms with Crippen molar-refractivity contribution in [3.8, 4) is 11.5 Å². The van der Waals surface area contributed by atoms with E-state index in [0.29, 0.717) is 28.3 Å². The first-order valence-corrected chi connectivity index (χ1v) is 14.7. The molecule has 1 N–H and O–H groups in total. The highest BCUT2D eigenvalue weighted by Gasteiger charge is 2.28. The van der Waals surface area contributed by atoms with E-state index in [4.69, 9.17) is 9.47 Å². The molecular weight excluding hydrogens is 552 g/mol. The van der Waals surface area contributed by atoms with Gasteiger partial charge in [0.1, 0.15) is 6.54 Å². The highest BCUT2D eigenvalue weighted by Crippen LogP contribution is 2.32. The van der Waals surface area contributed by atoms with E-state index in [1.807, 2.05) is 12.1 Å². The Labute approximate surface area is 247 Å². The summed E-state index contributed by atoms with van der Waals surface area (Å²) in [6.45, 7) is 5.81. The lowest BCUT2D eigenvalue weighted by molar-refractivity contribution is -0.114. The fraction of sp³-hybridized carbons (Fsp3) is 0.212. The average molecular weight is 587 g/mol. The molecule has 0 aliphatic heterocycles. The largest absolute Gasteiger partial charge is 0.493 e. The summed E-state index contributed by atoms with van der Waals surface area (Å²) in [6, 6.07) is 26.6. The van der Waals surface area contributed by atoms with Gasteiger partial charge < -0.3 is 14.8 Å². The molecule has 0 fully saturated rings. The van der Waals surface area contributed by atoms with Crippen LogP contribution >= 0.6 is 0 Å². The van der Waals surface area contributed by atoms with E-state index in [2.05, 4.69) is 26.1 Å². The van der Waals surface area contributed by atoms with E-state index >= 15 is 0 Å². The fourth-order valence-corrected chi connectivity index (χ4v) is 5.81. The molecule has 4 aromatic carbocycles. The van der Waals surface area contributed by atoms with Gasteiger partial charge in [-0.05, 0) is 47.4 Å². The molecule has 4 rings (SSSR count). The van der Waals surface area contributed by atoms with Crippen LogP contribution in [-0.2, 0) is 20.2 Å². The SMILES string of the molecule is COc1ccc(S(=O)(=O)N(CC(=O)Nc2cccc(C(=O)c3ccc(C(C)(C)C)cc3)c2)c2ccccc2)cc1OC. The standard InChI is InChI=1S/C33H34N2O6S/c1-33(2,3)25-16-14-23(15-17-25)32(37)24-10-9-11-26(20-24)34-31(36)22-35(27-12-7-6-8-13-27)42(38,39)28-18-19-29(40-4)30(21-28)41-5/h6-21H,22H2,1-5H3,(H,34,36). The highest BCUT2D eigenvalue weighted by molar-refractivity contribution is 7.92. The molecule has 1 amide bonds. The monoisotopic (exact) mass is 586 g/mol. The number of anilines is 2. The maximum Gasteiger partial charge on any atom is 0.264 e. The molecule has 0 heterocycles. The molecule has 218 valence electrons. The summed E-state index contributed by atoms with van der Waals surface area (Å²) in [6.07, 6.45) is 0. The number of methoxy groups -OCH3 is 2. The number of ether oxygens (including phenoxy) is 2. The first-order valence-electron chi connectivity index (χ1n) is 13.3. The van der Waals surface area contributed by atoms with Crippen molar-refractivity contribution in [2.75, 3.05) is 30.4 Å². The van der Waals surface area contributed by atoms with Gasteiger partial charge in [-0.3, -0.25) is 13.9 Å². The molecule has 9 heteroatoms. The minimum absolute atomic E-state index is 0.0354. The Morgan fingerprint density at radius 3 is 2.05 bits per heavy atom. The predicted molar refractivity (Wildman–Crippen MR) is 164 cm³/mol. The Bertz CT molecular complexity index is 1680. The number of amides is 1. The van der Waals surface area contributed by atoms with Crippen molar-refractivity contribution in [3.05, 3.63) is 114 Å². The van der Waals surface area contributed by atoms with Crippen LogP contribution in [0.15, 0.2) is 102 Å². The molecule has 4 aromatic rings. The number of hydrogen-bond acceptors (Lipinski definition) is 6. The van der Waals surface area contributed by atoms with Crippen LogP contribution in [0.25, 0.3) is 0 Å². The highest BCUT2D eigenvalue weighted by atomic mass is 32.2. The third-order valence-electron chi connectivity index (χ3n) is 6.70. The topological polar surface area (TPSA) is 102 Å². The zero-order valence-corrected chi connectivity index (χ0v) is 25.1. The number of sulfonamides is 1. The Balaban J connectivity index is 1.57. The second kappa shape index (κ2) is 12.5. The number of benzene rings is 4. The van der Waals surface area contributed by atoms with Gasteiger partial charge in [0.25, 0.3) is 10.0 Å². The summed E-state index contributed by atoms with van der Waals surface area (Å²) < 4.78 is 39.1. The Morgan fingerprint density at radius 2 is 1.43 bits per heavy atom. The number of hydrogen-bond donors (Lipinski definition) is 1. The lowest BCUT2D eigenvalue weighted by Gasteiger charge is -2.24. The molecule has 0 radical (unpaired) electrons. The molecule has 0 atom stereocenters. The minimum Gasteiger partial charge on any atom is -0.493 e. The summed E-state index contributed by atoms with van der Waals surface area (Å²) in [7, 11) is -1.32. The predicted octanol–water partition coefficient (Wildman–Crippen LogP) is 6.07. The maximum absolute atomic E-state index is 13.8. The number of ketones is 1. The number of para-hydroxylation sites is 1. The zero-order valence-electron chi connectivity index (χ0n) is 24.2. The number of carbonyl (C=O) groups is 2. The third kappa shape index (κ3) is 6.80. The molecule has 0 bridgehead atoms. The van der Waals surface area contributed by atoms with Gasteiger partial charge in [0.15, 0.2) is 17.3 Å². The van der Waals surface area contributed by atoms with Gasteiger partial charge in [-0.25, -0.2) is 8.42 Å². The summed E-state index contributed by atoms with van der Waals surface area (Å²) in [5.74, 6) is -0.152. The molecule has 0 saturated heterocycles. The van der Waals surface area contributed by atoms with Crippen LogP contribution in [0.1, 0.15) is 42.3 Å². The smallest absolute Gasteiger partial charge is 0.264 e. The van der Waals surface area contributed by atoms with E-state index in [-0.39, 0.29) is 21.8 Å². The molecule has 42 heavy (non-hydrogen) atoms. The van der Waals surface area contributed by atoms with Crippen LogP contribution in [0.3, 0.4) is 0 Å². The van der Waals surface area contributed by atoms with Gasteiger partial charge >= 0.3 is 0 Å². The summed E-state index contributed by atoms with van der Waals surface area (Å²) in [5.41, 5.74) is 2.69. The van der Waals surface area contributed by atoms with Gasteiger partial charge in [-0.1, -0.05) is 75.4 Å². The Hall–Kier alpha value is -4.63. The molecule has 0 unspecified atom stereocenters. The van der Waals surface area contributed by atoms with Crippen LogP contribution in [0, 0.1) is 0 Å². The number of carbonyl (C=O) groups excluding carboxylic acids is 2. The zero-order chi connectivity index (χ0) is 30.5. The normalized spacial score (nSPS) is 11.5. The Morgan fingerprint density at radius 1 is 0.762 bits per heavy atom. The Kier molecular flexibility index (Phi) is 9.02. The second-order valence-electron chi connectivity index (χ2n) is 10.6. The molecule has 0 aliphatic carbocycles. The number of nitrogens with zero attached hydrogens (tertiary/aromatic N) is 1. The van der Waals surface area contributed by atoms with E-state index < -0.39 is 22.5 Å². The van der Waals surface area contributed by atoms with Crippen molar-refractivity contribution in [3.63, 3.8) is 0 Å². The number of rotatable bonds is 10. The van der Waals surface area contributed by atoms with Crippen molar-refractivity contribution >= 4 is 33.1 Å². The lowest BCUT2D eigenvalue weighted by Crippen LogP contribution is -2.38. The van der Waals surface area contributed by atoms with E-state index in [0.717, 1.165) is 9.87 Å². The van der Waals surface area contributed by atoms with Crippen LogP contribution in [0.2, 0.25) is 0 Å². The lowest BCUT2D eigenvalue weighted by atomic mass is 9.86. The summed E-state index contributed by atoms with van der Waals surface area (Å²) in [5, 5.41) is 2.74. The maximum atomic E-state index is 13.8. The average Bonchev–Trinajstić information content (AvgIpc) is 2.99. The first kappa shape index (κ1) is 30.3. The van der Waals surface area contributed by atoms with Crippen LogP contribution in [0.5, 0.6) is 11.5 Å². The van der Waals surface area contributed by atoms with Gasteiger partial charge in [-0.15, -0.1) is 0 Å². The van der Waals surface area contributed by atoms with Crippen LogP contribution in [-0.4, -0.2) is 40.9 Å². The van der Waals surface area contributed by atoms with Gasteiger partial charge in [0, 0.05) is 22.9 Å².